The Morgan fingerprint density at radius 1 is 1.04 bits per heavy atom. The molecule has 0 spiro atoms. The SMILES string of the molecule is CCCc1cc(C)c(-c2cc3cnc(NC)cc3n3ncnc23)cn1. The van der Waals surface area contributed by atoms with E-state index in [1.54, 1.807) is 6.33 Å². The van der Waals surface area contributed by atoms with Gasteiger partial charge in [0.1, 0.15) is 12.1 Å². The van der Waals surface area contributed by atoms with E-state index in [1.807, 2.05) is 30.0 Å². The summed E-state index contributed by atoms with van der Waals surface area (Å²) in [6, 6.07) is 6.27. The van der Waals surface area contributed by atoms with Gasteiger partial charge in [0.15, 0.2) is 5.65 Å². The number of rotatable bonds is 4. The summed E-state index contributed by atoms with van der Waals surface area (Å²) in [4.78, 5) is 13.5. The fourth-order valence-corrected chi connectivity index (χ4v) is 3.20. The molecule has 6 nitrogen and oxygen atoms in total. The lowest BCUT2D eigenvalue weighted by molar-refractivity contribution is 0.880. The van der Waals surface area contributed by atoms with Crippen molar-refractivity contribution in [2.75, 3.05) is 12.4 Å². The van der Waals surface area contributed by atoms with Gasteiger partial charge in [0, 0.05) is 47.7 Å². The molecule has 0 saturated heterocycles. The Hall–Kier alpha value is -3.02. The minimum Gasteiger partial charge on any atom is -0.373 e. The molecule has 4 aromatic heterocycles. The van der Waals surface area contributed by atoms with Gasteiger partial charge in [-0.15, -0.1) is 0 Å². The van der Waals surface area contributed by atoms with E-state index < -0.39 is 0 Å². The molecule has 4 aromatic rings. The van der Waals surface area contributed by atoms with Crippen LogP contribution in [0.15, 0.2) is 36.9 Å². The molecule has 1 N–H and O–H groups in total. The number of pyridine rings is 3. The first-order chi connectivity index (χ1) is 12.2. The molecule has 0 aliphatic carbocycles. The van der Waals surface area contributed by atoms with Gasteiger partial charge in [-0.25, -0.2) is 14.5 Å². The minimum absolute atomic E-state index is 0.804. The molecule has 0 saturated carbocycles. The van der Waals surface area contributed by atoms with Gasteiger partial charge in [-0.3, -0.25) is 4.98 Å². The highest BCUT2D eigenvalue weighted by atomic mass is 15.3. The van der Waals surface area contributed by atoms with Gasteiger partial charge in [-0.05, 0) is 31.0 Å². The first-order valence-corrected chi connectivity index (χ1v) is 8.47. The monoisotopic (exact) mass is 332 g/mol. The molecule has 0 aliphatic rings. The normalized spacial score (nSPS) is 11.3. The highest BCUT2D eigenvalue weighted by molar-refractivity contribution is 5.92. The second-order valence-electron chi connectivity index (χ2n) is 6.17. The number of nitrogens with zero attached hydrogens (tertiary/aromatic N) is 5. The van der Waals surface area contributed by atoms with Crippen molar-refractivity contribution in [1.29, 1.82) is 0 Å². The lowest BCUT2D eigenvalue weighted by Gasteiger charge is -2.11. The molecule has 0 fully saturated rings. The van der Waals surface area contributed by atoms with Gasteiger partial charge < -0.3 is 5.32 Å². The van der Waals surface area contributed by atoms with Crippen molar-refractivity contribution >= 4 is 22.4 Å². The maximum absolute atomic E-state index is 4.62. The van der Waals surface area contributed by atoms with Crippen molar-refractivity contribution in [1.82, 2.24) is 24.6 Å². The summed E-state index contributed by atoms with van der Waals surface area (Å²) in [5.41, 5.74) is 6.23. The molecule has 0 bridgehead atoms. The molecule has 4 rings (SSSR count). The molecule has 0 aliphatic heterocycles. The zero-order valence-electron chi connectivity index (χ0n) is 14.6. The van der Waals surface area contributed by atoms with Crippen molar-refractivity contribution in [2.45, 2.75) is 26.7 Å². The van der Waals surface area contributed by atoms with Crippen LogP contribution in [0.3, 0.4) is 0 Å². The zero-order chi connectivity index (χ0) is 17.4. The highest BCUT2D eigenvalue weighted by Crippen LogP contribution is 2.30. The van der Waals surface area contributed by atoms with Crippen molar-refractivity contribution in [3.8, 4) is 11.1 Å². The second-order valence-corrected chi connectivity index (χ2v) is 6.17. The molecule has 126 valence electrons. The largest absolute Gasteiger partial charge is 0.373 e. The van der Waals surface area contributed by atoms with Crippen LogP contribution in [-0.4, -0.2) is 31.6 Å². The van der Waals surface area contributed by atoms with Crippen molar-refractivity contribution in [3.63, 3.8) is 0 Å². The van der Waals surface area contributed by atoms with Gasteiger partial charge in [0.05, 0.1) is 5.52 Å². The first kappa shape index (κ1) is 15.5. The van der Waals surface area contributed by atoms with Crippen LogP contribution in [0.5, 0.6) is 0 Å². The maximum Gasteiger partial charge on any atom is 0.163 e. The molecule has 6 heteroatoms. The Morgan fingerprint density at radius 3 is 2.68 bits per heavy atom. The predicted octanol–water partition coefficient (Wildman–Crippen LogP) is 3.64. The maximum atomic E-state index is 4.62. The summed E-state index contributed by atoms with van der Waals surface area (Å²) < 4.78 is 1.87. The Labute approximate surface area is 146 Å². The molecule has 0 atom stereocenters. The minimum atomic E-state index is 0.804. The van der Waals surface area contributed by atoms with Gasteiger partial charge >= 0.3 is 0 Å². The van der Waals surface area contributed by atoms with E-state index in [-0.39, 0.29) is 0 Å². The summed E-state index contributed by atoms with van der Waals surface area (Å²) in [7, 11) is 1.86. The Kier molecular flexibility index (Phi) is 3.80. The standard InChI is InChI=1S/C19H20N6/c1-4-5-14-6-12(2)16(10-21-14)15-7-13-9-22-18(20-3)8-17(13)25-19(15)23-11-24-25/h6-11H,4-5H2,1-3H3,(H,20,22). The van der Waals surface area contributed by atoms with Crippen LogP contribution in [0.2, 0.25) is 0 Å². The molecule has 25 heavy (non-hydrogen) atoms. The summed E-state index contributed by atoms with van der Waals surface area (Å²) in [6.07, 6.45) is 7.49. The average molecular weight is 332 g/mol. The number of nitrogens with one attached hydrogen (secondary N) is 1. The fourth-order valence-electron chi connectivity index (χ4n) is 3.20. The molecule has 0 aromatic carbocycles. The number of hydrogen-bond acceptors (Lipinski definition) is 5. The lowest BCUT2D eigenvalue weighted by Crippen LogP contribution is -1.99. The molecular weight excluding hydrogens is 312 g/mol. The number of aryl methyl sites for hydroxylation is 2. The lowest BCUT2D eigenvalue weighted by atomic mass is 10.0. The van der Waals surface area contributed by atoms with Gasteiger partial charge in [-0.1, -0.05) is 13.3 Å². The van der Waals surface area contributed by atoms with E-state index in [4.69, 9.17) is 0 Å². The second kappa shape index (κ2) is 6.12. The number of hydrogen-bond donors (Lipinski definition) is 1. The van der Waals surface area contributed by atoms with E-state index in [2.05, 4.69) is 51.3 Å². The van der Waals surface area contributed by atoms with E-state index >= 15 is 0 Å². The third-order valence-electron chi connectivity index (χ3n) is 4.45. The third kappa shape index (κ3) is 2.59. The quantitative estimate of drug-likeness (QED) is 0.618. The fraction of sp³-hybridized carbons (Fsp3) is 0.263. The van der Waals surface area contributed by atoms with Crippen molar-refractivity contribution in [3.05, 3.63) is 48.2 Å². The topological polar surface area (TPSA) is 68.0 Å². The first-order valence-electron chi connectivity index (χ1n) is 8.47. The molecule has 0 unspecified atom stereocenters. The van der Waals surface area contributed by atoms with Crippen LogP contribution in [0.4, 0.5) is 5.82 Å². The number of aromatic nitrogens is 5. The number of fused-ring (bicyclic) bond motifs is 3. The molecular formula is C19H20N6. The third-order valence-corrected chi connectivity index (χ3v) is 4.45. The van der Waals surface area contributed by atoms with E-state index in [0.717, 1.165) is 52.0 Å². The summed E-state index contributed by atoms with van der Waals surface area (Å²) >= 11 is 0. The van der Waals surface area contributed by atoms with Gasteiger partial charge in [-0.2, -0.15) is 5.10 Å². The Morgan fingerprint density at radius 2 is 1.92 bits per heavy atom. The van der Waals surface area contributed by atoms with Crippen LogP contribution in [-0.2, 0) is 6.42 Å². The van der Waals surface area contributed by atoms with Crippen LogP contribution in [0.1, 0.15) is 24.6 Å². The Balaban J connectivity index is 1.97. The van der Waals surface area contributed by atoms with E-state index in [1.165, 1.54) is 5.56 Å². The average Bonchev–Trinajstić information content (AvgIpc) is 3.11. The van der Waals surface area contributed by atoms with Gasteiger partial charge in [0.25, 0.3) is 0 Å². The summed E-state index contributed by atoms with van der Waals surface area (Å²) in [5, 5.41) is 8.50. The van der Waals surface area contributed by atoms with Crippen molar-refractivity contribution < 1.29 is 0 Å². The summed E-state index contributed by atoms with van der Waals surface area (Å²) in [5.74, 6) is 0.804. The Bertz CT molecular complexity index is 1070. The van der Waals surface area contributed by atoms with Crippen LogP contribution < -0.4 is 5.32 Å². The molecule has 0 amide bonds. The van der Waals surface area contributed by atoms with E-state index in [0.29, 0.717) is 0 Å². The predicted molar refractivity (Wildman–Crippen MR) is 99.8 cm³/mol. The molecule has 4 heterocycles. The van der Waals surface area contributed by atoms with Crippen LogP contribution in [0.25, 0.3) is 27.7 Å². The summed E-state index contributed by atoms with van der Waals surface area (Å²) in [6.45, 7) is 4.29. The zero-order valence-corrected chi connectivity index (χ0v) is 14.6. The van der Waals surface area contributed by atoms with Gasteiger partial charge in [0.2, 0.25) is 0 Å². The van der Waals surface area contributed by atoms with Crippen LogP contribution in [0, 0.1) is 6.92 Å². The van der Waals surface area contributed by atoms with Crippen molar-refractivity contribution in [2.24, 2.45) is 0 Å². The number of anilines is 1. The highest BCUT2D eigenvalue weighted by Gasteiger charge is 2.14. The smallest absolute Gasteiger partial charge is 0.163 e. The van der Waals surface area contributed by atoms with E-state index in [9.17, 15) is 0 Å². The van der Waals surface area contributed by atoms with Crippen LogP contribution >= 0.6 is 0 Å². The molecule has 0 radical (unpaired) electrons.